The topological polar surface area (TPSA) is 79.5 Å². The Morgan fingerprint density at radius 1 is 1.17 bits per heavy atom. The van der Waals surface area contributed by atoms with Gasteiger partial charge in [-0.2, -0.15) is 0 Å². The molecular weight excluding hydrogens is 356 g/mol. The highest BCUT2D eigenvalue weighted by molar-refractivity contribution is 7.91. The molecule has 1 aromatic carbocycles. The second kappa shape index (κ2) is 6.74. The van der Waals surface area contributed by atoms with Gasteiger partial charge in [0.05, 0.1) is 6.20 Å². The van der Waals surface area contributed by atoms with Crippen LogP contribution in [0.15, 0.2) is 34.7 Å². The first-order valence-corrected chi connectivity index (χ1v) is 9.86. The van der Waals surface area contributed by atoms with Crippen molar-refractivity contribution in [3.8, 4) is 0 Å². The van der Waals surface area contributed by atoms with Gasteiger partial charge in [0.25, 0.3) is 0 Å². The van der Waals surface area contributed by atoms with Crippen LogP contribution in [0.5, 0.6) is 0 Å². The highest BCUT2D eigenvalue weighted by atomic mass is 35.5. The van der Waals surface area contributed by atoms with Crippen molar-refractivity contribution >= 4 is 38.1 Å². The van der Waals surface area contributed by atoms with Gasteiger partial charge in [0.1, 0.15) is 0 Å². The summed E-state index contributed by atoms with van der Waals surface area (Å²) in [5.74, 6) is 0. The lowest BCUT2D eigenvalue weighted by Gasteiger charge is -2.34. The van der Waals surface area contributed by atoms with Gasteiger partial charge in [-0.05, 0) is 17.7 Å². The molecule has 0 amide bonds. The molecule has 1 aromatic heterocycles. The van der Waals surface area contributed by atoms with Gasteiger partial charge in [-0.25, -0.2) is 18.5 Å². The van der Waals surface area contributed by atoms with Gasteiger partial charge >= 0.3 is 0 Å². The monoisotopic (exact) mass is 372 g/mol. The molecular formula is C14H17ClN4O2S2. The van der Waals surface area contributed by atoms with Crippen molar-refractivity contribution < 1.29 is 8.42 Å². The molecule has 9 heteroatoms. The maximum Gasteiger partial charge on any atom is 0.249 e. The average Bonchev–Trinajstić information content (AvgIpc) is 3.00. The third kappa shape index (κ3) is 4.21. The number of primary sulfonamides is 1. The van der Waals surface area contributed by atoms with E-state index < -0.39 is 10.0 Å². The molecule has 0 saturated carbocycles. The van der Waals surface area contributed by atoms with E-state index >= 15 is 0 Å². The molecule has 0 atom stereocenters. The number of anilines is 1. The number of nitrogens with two attached hydrogens (primary N) is 1. The third-order valence-electron chi connectivity index (χ3n) is 3.71. The maximum atomic E-state index is 11.3. The minimum absolute atomic E-state index is 0.107. The van der Waals surface area contributed by atoms with Crippen LogP contribution in [0, 0.1) is 0 Å². The first-order chi connectivity index (χ1) is 10.9. The molecule has 2 aromatic rings. The molecule has 1 aliphatic rings. The summed E-state index contributed by atoms with van der Waals surface area (Å²) < 4.78 is 22.7. The molecule has 0 aliphatic carbocycles. The van der Waals surface area contributed by atoms with Gasteiger partial charge in [0.2, 0.25) is 10.0 Å². The number of aromatic nitrogens is 1. The lowest BCUT2D eigenvalue weighted by Crippen LogP contribution is -2.45. The van der Waals surface area contributed by atoms with Crippen LogP contribution in [-0.4, -0.2) is 44.5 Å². The molecule has 1 fully saturated rings. The number of hydrogen-bond acceptors (Lipinski definition) is 6. The van der Waals surface area contributed by atoms with E-state index in [4.69, 9.17) is 16.7 Å². The number of rotatable bonds is 4. The second-order valence-electron chi connectivity index (χ2n) is 5.40. The predicted molar refractivity (Wildman–Crippen MR) is 92.4 cm³/mol. The molecule has 0 radical (unpaired) electrons. The van der Waals surface area contributed by atoms with Gasteiger partial charge < -0.3 is 4.90 Å². The van der Waals surface area contributed by atoms with Crippen LogP contribution in [0.3, 0.4) is 0 Å². The van der Waals surface area contributed by atoms with Crippen LogP contribution in [0.25, 0.3) is 0 Å². The number of thiazole rings is 1. The van der Waals surface area contributed by atoms with E-state index in [1.54, 1.807) is 0 Å². The van der Waals surface area contributed by atoms with E-state index in [2.05, 4.69) is 14.8 Å². The maximum absolute atomic E-state index is 11.3. The fraction of sp³-hybridized carbons (Fsp3) is 0.357. The van der Waals surface area contributed by atoms with Gasteiger partial charge in [-0.3, -0.25) is 4.90 Å². The van der Waals surface area contributed by atoms with Crippen molar-refractivity contribution in [2.45, 2.75) is 10.8 Å². The largest absolute Gasteiger partial charge is 0.345 e. The molecule has 2 heterocycles. The number of piperazine rings is 1. The molecule has 3 rings (SSSR count). The van der Waals surface area contributed by atoms with Crippen molar-refractivity contribution in [3.05, 3.63) is 41.0 Å². The van der Waals surface area contributed by atoms with Crippen molar-refractivity contribution in [2.24, 2.45) is 5.14 Å². The zero-order valence-corrected chi connectivity index (χ0v) is 14.7. The Balaban J connectivity index is 1.58. The molecule has 0 bridgehead atoms. The molecule has 6 nitrogen and oxygen atoms in total. The molecule has 0 spiro atoms. The lowest BCUT2D eigenvalue weighted by atomic mass is 10.2. The Bertz CT molecular complexity index is 768. The van der Waals surface area contributed by atoms with Crippen molar-refractivity contribution in [2.75, 3.05) is 31.1 Å². The Morgan fingerprint density at radius 2 is 1.83 bits per heavy atom. The summed E-state index contributed by atoms with van der Waals surface area (Å²) in [4.78, 5) is 8.63. The van der Waals surface area contributed by atoms with E-state index in [1.165, 1.54) is 11.8 Å². The molecule has 23 heavy (non-hydrogen) atoms. The zero-order chi connectivity index (χ0) is 16.4. The quantitative estimate of drug-likeness (QED) is 0.884. The van der Waals surface area contributed by atoms with Crippen molar-refractivity contribution in [3.63, 3.8) is 0 Å². The van der Waals surface area contributed by atoms with Gasteiger partial charge in [-0.15, -0.1) is 0 Å². The average molecular weight is 373 g/mol. The minimum atomic E-state index is -3.67. The first kappa shape index (κ1) is 16.7. The summed E-state index contributed by atoms with van der Waals surface area (Å²) in [6.45, 7) is 4.29. The van der Waals surface area contributed by atoms with Gasteiger partial charge in [-0.1, -0.05) is 35.1 Å². The molecule has 2 N–H and O–H groups in total. The number of halogens is 1. The van der Waals surface area contributed by atoms with Crippen LogP contribution in [-0.2, 0) is 16.6 Å². The summed E-state index contributed by atoms with van der Waals surface area (Å²) in [7, 11) is -3.67. The number of sulfonamides is 1. The first-order valence-electron chi connectivity index (χ1n) is 7.12. The van der Waals surface area contributed by atoms with Crippen molar-refractivity contribution in [1.29, 1.82) is 0 Å². The predicted octanol–water partition coefficient (Wildman–Crippen LogP) is 1.77. The summed E-state index contributed by atoms with van der Waals surface area (Å²) in [6, 6.07) is 7.87. The van der Waals surface area contributed by atoms with Gasteiger partial charge in [0.15, 0.2) is 9.34 Å². The highest BCUT2D eigenvalue weighted by Crippen LogP contribution is 2.26. The van der Waals surface area contributed by atoms with Crippen LogP contribution >= 0.6 is 22.9 Å². The lowest BCUT2D eigenvalue weighted by molar-refractivity contribution is 0.250. The summed E-state index contributed by atoms with van der Waals surface area (Å²) in [5.41, 5.74) is 1.23. The third-order valence-corrected chi connectivity index (χ3v) is 6.43. The summed E-state index contributed by atoms with van der Waals surface area (Å²) in [5, 5.41) is 6.58. The number of nitrogens with zero attached hydrogens (tertiary/aromatic N) is 3. The van der Waals surface area contributed by atoms with Crippen LogP contribution in [0.1, 0.15) is 5.56 Å². The normalized spacial score (nSPS) is 16.7. The number of hydrogen-bond donors (Lipinski definition) is 1. The van der Waals surface area contributed by atoms with E-state index in [0.717, 1.165) is 49.1 Å². The molecule has 1 aliphatic heterocycles. The standard InChI is InChI=1S/C14H17ClN4O2S2/c15-12-3-1-11(2-4-12)10-18-5-7-19(8-6-18)14-17-9-13(22-14)23(16,20)21/h1-4,9H,5-8,10H2,(H2,16,20,21). The Hall–Kier alpha value is -1.19. The fourth-order valence-electron chi connectivity index (χ4n) is 2.47. The summed E-state index contributed by atoms with van der Waals surface area (Å²) >= 11 is 7.02. The SMILES string of the molecule is NS(=O)(=O)c1cnc(N2CCN(Cc3ccc(Cl)cc3)CC2)s1. The number of benzene rings is 1. The van der Waals surface area contributed by atoms with E-state index in [-0.39, 0.29) is 4.21 Å². The van der Waals surface area contributed by atoms with Crippen molar-refractivity contribution in [1.82, 2.24) is 9.88 Å². The smallest absolute Gasteiger partial charge is 0.249 e. The van der Waals surface area contributed by atoms with Gasteiger partial charge in [0, 0.05) is 37.7 Å². The molecule has 124 valence electrons. The molecule has 0 unspecified atom stereocenters. The highest BCUT2D eigenvalue weighted by Gasteiger charge is 2.21. The van der Waals surface area contributed by atoms with E-state index in [9.17, 15) is 8.42 Å². The minimum Gasteiger partial charge on any atom is -0.345 e. The van der Waals surface area contributed by atoms with Crippen LogP contribution < -0.4 is 10.0 Å². The zero-order valence-electron chi connectivity index (χ0n) is 12.4. The van der Waals surface area contributed by atoms with Crippen LogP contribution in [0.2, 0.25) is 5.02 Å². The van der Waals surface area contributed by atoms with E-state index in [1.807, 2.05) is 24.3 Å². The Morgan fingerprint density at radius 3 is 2.39 bits per heavy atom. The Labute approximate surface area is 144 Å². The second-order valence-corrected chi connectivity index (χ2v) is 8.63. The summed E-state index contributed by atoms with van der Waals surface area (Å²) in [6.07, 6.45) is 1.33. The molecule has 1 saturated heterocycles. The fourth-order valence-corrected chi connectivity index (χ4v) is 4.19. The van der Waals surface area contributed by atoms with E-state index in [0.29, 0.717) is 5.13 Å². The van der Waals surface area contributed by atoms with Crippen LogP contribution in [0.4, 0.5) is 5.13 Å². The Kier molecular flexibility index (Phi) is 4.88.